The number of aryl methyl sites for hydroxylation is 2. The highest BCUT2D eigenvalue weighted by molar-refractivity contribution is 5.32. The van der Waals surface area contributed by atoms with Crippen LogP contribution >= 0.6 is 0 Å². The molecule has 0 spiro atoms. The summed E-state index contributed by atoms with van der Waals surface area (Å²) in [7, 11) is 1.77. The molecule has 1 rings (SSSR count). The minimum Gasteiger partial charge on any atom is -0.383 e. The summed E-state index contributed by atoms with van der Waals surface area (Å²) in [5.41, 5.74) is 4.07. The van der Waals surface area contributed by atoms with Crippen LogP contribution in [0.4, 0.5) is 0 Å². The zero-order valence-electron chi connectivity index (χ0n) is 12.4. The Morgan fingerprint density at radius 2 is 2.00 bits per heavy atom. The number of hydrogen-bond donors (Lipinski definition) is 1. The van der Waals surface area contributed by atoms with Crippen molar-refractivity contribution in [2.75, 3.05) is 13.7 Å². The molecule has 0 amide bonds. The molecule has 0 aliphatic rings. The van der Waals surface area contributed by atoms with Crippen LogP contribution in [0.15, 0.2) is 18.2 Å². The molecular formula is C16H27NO. The summed E-state index contributed by atoms with van der Waals surface area (Å²) in [6, 6.07) is 7.47. The van der Waals surface area contributed by atoms with Crippen molar-refractivity contribution in [2.45, 2.75) is 52.6 Å². The molecule has 0 aliphatic heterocycles. The lowest BCUT2D eigenvalue weighted by Gasteiger charge is -2.24. The van der Waals surface area contributed by atoms with Crippen molar-refractivity contribution < 1.29 is 4.74 Å². The Morgan fingerprint density at radius 1 is 1.28 bits per heavy atom. The molecule has 2 heteroatoms. The number of nitrogens with one attached hydrogen (secondary N) is 1. The Labute approximate surface area is 112 Å². The molecule has 18 heavy (non-hydrogen) atoms. The summed E-state index contributed by atoms with van der Waals surface area (Å²) in [6.45, 7) is 9.56. The second-order valence-electron chi connectivity index (χ2n) is 5.19. The van der Waals surface area contributed by atoms with Gasteiger partial charge in [0, 0.05) is 19.2 Å². The number of ether oxygens (including phenoxy) is 1. The van der Waals surface area contributed by atoms with Crippen LogP contribution in [0.25, 0.3) is 0 Å². The molecule has 1 N–H and O–H groups in total. The van der Waals surface area contributed by atoms with E-state index >= 15 is 0 Å². The first-order valence-corrected chi connectivity index (χ1v) is 6.90. The quantitative estimate of drug-likeness (QED) is 0.794. The van der Waals surface area contributed by atoms with Crippen LogP contribution in [0.2, 0.25) is 0 Å². The normalized spacial score (nSPS) is 14.5. The smallest absolute Gasteiger partial charge is 0.0616 e. The van der Waals surface area contributed by atoms with E-state index in [0.717, 1.165) is 13.0 Å². The second kappa shape index (κ2) is 7.55. The van der Waals surface area contributed by atoms with Crippen molar-refractivity contribution in [1.29, 1.82) is 0 Å². The lowest BCUT2D eigenvalue weighted by Crippen LogP contribution is -2.35. The minimum atomic E-state index is 0.372. The van der Waals surface area contributed by atoms with E-state index in [0.29, 0.717) is 12.1 Å². The Hall–Kier alpha value is -0.860. The molecule has 0 heterocycles. The van der Waals surface area contributed by atoms with Crippen molar-refractivity contribution in [3.8, 4) is 0 Å². The fourth-order valence-corrected chi connectivity index (χ4v) is 2.43. The van der Waals surface area contributed by atoms with Gasteiger partial charge in [-0.05, 0) is 38.3 Å². The first-order chi connectivity index (χ1) is 8.58. The van der Waals surface area contributed by atoms with Gasteiger partial charge in [0.05, 0.1) is 6.61 Å². The van der Waals surface area contributed by atoms with Crippen LogP contribution < -0.4 is 5.32 Å². The molecule has 0 aromatic heterocycles. The second-order valence-corrected chi connectivity index (χ2v) is 5.19. The van der Waals surface area contributed by atoms with Gasteiger partial charge >= 0.3 is 0 Å². The maximum Gasteiger partial charge on any atom is 0.0616 e. The average molecular weight is 249 g/mol. The van der Waals surface area contributed by atoms with E-state index in [9.17, 15) is 0 Å². The lowest BCUT2D eigenvalue weighted by molar-refractivity contribution is 0.157. The largest absolute Gasteiger partial charge is 0.383 e. The topological polar surface area (TPSA) is 21.3 Å². The van der Waals surface area contributed by atoms with Crippen molar-refractivity contribution >= 4 is 0 Å². The zero-order chi connectivity index (χ0) is 13.5. The number of hydrogen-bond acceptors (Lipinski definition) is 2. The van der Waals surface area contributed by atoms with Crippen LogP contribution in [0.3, 0.4) is 0 Å². The predicted molar refractivity (Wildman–Crippen MR) is 78.0 cm³/mol. The molecule has 0 saturated carbocycles. The molecule has 1 aromatic rings. The highest BCUT2D eigenvalue weighted by Gasteiger charge is 2.14. The molecule has 2 nitrogen and oxygen atoms in total. The lowest BCUT2D eigenvalue weighted by atomic mass is 9.99. The van der Waals surface area contributed by atoms with Gasteiger partial charge < -0.3 is 10.1 Å². The van der Waals surface area contributed by atoms with Gasteiger partial charge in [-0.2, -0.15) is 0 Å². The highest BCUT2D eigenvalue weighted by Crippen LogP contribution is 2.20. The van der Waals surface area contributed by atoms with Gasteiger partial charge in [-0.15, -0.1) is 0 Å². The van der Waals surface area contributed by atoms with Gasteiger partial charge in [0.25, 0.3) is 0 Å². The first kappa shape index (κ1) is 15.2. The number of methoxy groups -OCH3 is 1. The van der Waals surface area contributed by atoms with Crippen molar-refractivity contribution in [1.82, 2.24) is 5.32 Å². The van der Waals surface area contributed by atoms with Gasteiger partial charge in [-0.3, -0.25) is 0 Å². The van der Waals surface area contributed by atoms with E-state index in [4.69, 9.17) is 4.74 Å². The zero-order valence-corrected chi connectivity index (χ0v) is 12.4. The van der Waals surface area contributed by atoms with Crippen LogP contribution in [-0.4, -0.2) is 19.8 Å². The van der Waals surface area contributed by atoms with Crippen molar-refractivity contribution in [3.63, 3.8) is 0 Å². The van der Waals surface area contributed by atoms with Crippen LogP contribution in [0.5, 0.6) is 0 Å². The Bertz CT molecular complexity index is 356. The van der Waals surface area contributed by atoms with Crippen LogP contribution in [0, 0.1) is 13.8 Å². The molecule has 0 bridgehead atoms. The summed E-state index contributed by atoms with van der Waals surface area (Å²) in [5.74, 6) is 0. The predicted octanol–water partition coefficient (Wildman–Crippen LogP) is 3.77. The Balaban J connectivity index is 2.73. The van der Waals surface area contributed by atoms with Crippen molar-refractivity contribution in [3.05, 3.63) is 34.9 Å². The third kappa shape index (κ3) is 4.43. The summed E-state index contributed by atoms with van der Waals surface area (Å²) in [5, 5.41) is 3.68. The number of rotatable bonds is 7. The summed E-state index contributed by atoms with van der Waals surface area (Å²) in [4.78, 5) is 0. The summed E-state index contributed by atoms with van der Waals surface area (Å²) in [6.07, 6.45) is 2.34. The molecule has 0 aliphatic carbocycles. The van der Waals surface area contributed by atoms with E-state index < -0.39 is 0 Å². The maximum atomic E-state index is 5.28. The van der Waals surface area contributed by atoms with E-state index in [-0.39, 0.29) is 0 Å². The molecular weight excluding hydrogens is 222 g/mol. The number of benzene rings is 1. The van der Waals surface area contributed by atoms with Gasteiger partial charge in [0.15, 0.2) is 0 Å². The summed E-state index contributed by atoms with van der Waals surface area (Å²) >= 11 is 0. The molecule has 0 fully saturated rings. The molecule has 102 valence electrons. The SMILES string of the molecule is CCCC(COC)NC(C)c1cc(C)ccc1C. The molecule has 2 atom stereocenters. The molecule has 0 radical (unpaired) electrons. The van der Waals surface area contributed by atoms with E-state index in [2.05, 4.69) is 51.2 Å². The Morgan fingerprint density at radius 3 is 2.61 bits per heavy atom. The molecule has 2 unspecified atom stereocenters. The van der Waals surface area contributed by atoms with Gasteiger partial charge in [0.2, 0.25) is 0 Å². The van der Waals surface area contributed by atoms with E-state index in [1.807, 2.05) is 0 Å². The van der Waals surface area contributed by atoms with Crippen molar-refractivity contribution in [2.24, 2.45) is 0 Å². The molecule has 1 aromatic carbocycles. The fraction of sp³-hybridized carbons (Fsp3) is 0.625. The first-order valence-electron chi connectivity index (χ1n) is 6.90. The van der Waals surface area contributed by atoms with E-state index in [1.165, 1.54) is 23.1 Å². The Kier molecular flexibility index (Phi) is 6.37. The third-order valence-corrected chi connectivity index (χ3v) is 3.39. The standard InChI is InChI=1S/C16H27NO/c1-6-7-15(11-18-5)17-14(4)16-10-12(2)8-9-13(16)3/h8-10,14-15,17H,6-7,11H2,1-5H3. The van der Waals surface area contributed by atoms with Gasteiger partial charge in [0.1, 0.15) is 0 Å². The highest BCUT2D eigenvalue weighted by atomic mass is 16.5. The third-order valence-electron chi connectivity index (χ3n) is 3.39. The van der Waals surface area contributed by atoms with E-state index in [1.54, 1.807) is 7.11 Å². The average Bonchev–Trinajstić information content (AvgIpc) is 2.33. The maximum absolute atomic E-state index is 5.28. The fourth-order valence-electron chi connectivity index (χ4n) is 2.43. The minimum absolute atomic E-state index is 0.372. The summed E-state index contributed by atoms with van der Waals surface area (Å²) < 4.78 is 5.28. The van der Waals surface area contributed by atoms with Gasteiger partial charge in [-0.25, -0.2) is 0 Å². The van der Waals surface area contributed by atoms with Gasteiger partial charge in [-0.1, -0.05) is 37.1 Å². The molecule has 0 saturated heterocycles. The monoisotopic (exact) mass is 249 g/mol. The van der Waals surface area contributed by atoms with Crippen LogP contribution in [-0.2, 0) is 4.74 Å². The van der Waals surface area contributed by atoms with Crippen LogP contribution in [0.1, 0.15) is 49.4 Å².